The number of aromatic amines is 1. The summed E-state index contributed by atoms with van der Waals surface area (Å²) in [6.45, 7) is 0. The summed E-state index contributed by atoms with van der Waals surface area (Å²) in [6, 6.07) is 23.5. The topological polar surface area (TPSA) is 118 Å². The summed E-state index contributed by atoms with van der Waals surface area (Å²) < 4.78 is 4.97. The van der Waals surface area contributed by atoms with Gasteiger partial charge in [-0.05, 0) is 119 Å². The van der Waals surface area contributed by atoms with Gasteiger partial charge in [-0.2, -0.15) is 0 Å². The number of pyridine rings is 3. The van der Waals surface area contributed by atoms with E-state index in [0.29, 0.717) is 5.56 Å². The highest BCUT2D eigenvalue weighted by Gasteiger charge is 2.29. The van der Waals surface area contributed by atoms with Gasteiger partial charge in [0, 0.05) is 65.3 Å². The first-order chi connectivity index (χ1) is 25.6. The molecule has 0 fully saturated rings. The number of aliphatic imine (C=N–C) groups is 3. The zero-order valence-corrected chi connectivity index (χ0v) is 27.9. The van der Waals surface area contributed by atoms with Crippen molar-refractivity contribution in [2.75, 3.05) is 7.11 Å². The third kappa shape index (κ3) is 5.50. The Morgan fingerprint density at radius 3 is 1.60 bits per heavy atom. The summed E-state index contributed by atoms with van der Waals surface area (Å²) in [6.07, 6.45) is 23.1. The minimum Gasteiger partial charge on any atom is -0.465 e. The third-order valence-electron chi connectivity index (χ3n) is 9.38. The molecule has 9 heteroatoms. The van der Waals surface area contributed by atoms with Crippen LogP contribution in [0, 0.1) is 0 Å². The summed E-state index contributed by atoms with van der Waals surface area (Å²) in [4.78, 5) is 44.8. The number of carbonyl (C=O) groups excluding carboxylic acids is 1. The number of nitrogens with zero attached hydrogens (tertiary/aromatic N) is 6. The number of nitrogens with one attached hydrogen (secondary N) is 1. The van der Waals surface area contributed by atoms with Gasteiger partial charge in [0.05, 0.1) is 52.8 Å². The van der Waals surface area contributed by atoms with Gasteiger partial charge in [0.25, 0.3) is 0 Å². The molecule has 248 valence electrons. The van der Waals surface area contributed by atoms with Gasteiger partial charge in [-0.15, -0.1) is 0 Å². The molecule has 4 aliphatic rings. The van der Waals surface area contributed by atoms with Crippen LogP contribution in [0.25, 0.3) is 16.7 Å². The smallest absolute Gasteiger partial charge is 0.337 e. The molecule has 0 spiro atoms. The van der Waals surface area contributed by atoms with Crippen LogP contribution in [0.15, 0.2) is 179 Å². The largest absolute Gasteiger partial charge is 0.465 e. The first-order valence-electron chi connectivity index (χ1n) is 16.8. The van der Waals surface area contributed by atoms with Gasteiger partial charge in [0.1, 0.15) is 0 Å². The third-order valence-corrected chi connectivity index (χ3v) is 9.38. The van der Waals surface area contributed by atoms with Crippen LogP contribution < -0.4 is 0 Å². The second kappa shape index (κ2) is 13.0. The minimum atomic E-state index is -0.395. The van der Waals surface area contributed by atoms with E-state index in [9.17, 15) is 4.79 Å². The monoisotopic (exact) mass is 675 g/mol. The zero-order valence-electron chi connectivity index (χ0n) is 27.9. The molecule has 9 rings (SSSR count). The predicted molar refractivity (Wildman–Crippen MR) is 203 cm³/mol. The number of aromatic nitrogens is 4. The van der Waals surface area contributed by atoms with Crippen LogP contribution in [0.3, 0.4) is 0 Å². The normalized spacial score (nSPS) is 21.6. The molecule has 0 aliphatic carbocycles. The Labute approximate surface area is 299 Å². The predicted octanol–water partition coefficient (Wildman–Crippen LogP) is 7.75. The van der Waals surface area contributed by atoms with Crippen LogP contribution in [0.1, 0.15) is 49.9 Å². The number of esters is 1. The van der Waals surface area contributed by atoms with Crippen LogP contribution in [0.2, 0.25) is 0 Å². The van der Waals surface area contributed by atoms with E-state index in [1.54, 1.807) is 49.3 Å². The highest BCUT2D eigenvalue weighted by atomic mass is 16.5. The van der Waals surface area contributed by atoms with Crippen LogP contribution in [-0.4, -0.2) is 50.2 Å². The van der Waals surface area contributed by atoms with Crippen molar-refractivity contribution in [1.82, 2.24) is 19.9 Å². The number of allylic oxidation sites excluding steroid dienone is 7. The summed E-state index contributed by atoms with van der Waals surface area (Å²) in [7, 11) is 1.38. The fourth-order valence-corrected chi connectivity index (χ4v) is 6.97. The molecular formula is C43H29N7O2. The van der Waals surface area contributed by atoms with Crippen LogP contribution in [0.4, 0.5) is 0 Å². The lowest BCUT2D eigenvalue weighted by molar-refractivity contribution is 0.0600. The zero-order chi connectivity index (χ0) is 35.0. The molecule has 1 N–H and O–H groups in total. The lowest BCUT2D eigenvalue weighted by Crippen LogP contribution is -2.18. The van der Waals surface area contributed by atoms with Gasteiger partial charge in [-0.3, -0.25) is 24.9 Å². The molecule has 1 aromatic carbocycles. The Bertz CT molecular complexity index is 2530. The summed E-state index contributed by atoms with van der Waals surface area (Å²) >= 11 is 0. The van der Waals surface area contributed by atoms with E-state index in [-0.39, 0.29) is 5.92 Å². The molecule has 1 unspecified atom stereocenters. The van der Waals surface area contributed by atoms with E-state index in [2.05, 4.69) is 56.4 Å². The molecule has 8 heterocycles. The maximum Gasteiger partial charge on any atom is 0.337 e. The maximum absolute atomic E-state index is 12.3. The Hall–Kier alpha value is -7.13. The molecule has 8 bridgehead atoms. The van der Waals surface area contributed by atoms with E-state index < -0.39 is 5.97 Å². The summed E-state index contributed by atoms with van der Waals surface area (Å²) in [5.74, 6) is -0.640. The average Bonchev–Trinajstić information content (AvgIpc) is 4.04. The van der Waals surface area contributed by atoms with E-state index >= 15 is 0 Å². The van der Waals surface area contributed by atoms with E-state index in [0.717, 1.165) is 84.6 Å². The van der Waals surface area contributed by atoms with Crippen molar-refractivity contribution in [3.05, 3.63) is 203 Å². The molecule has 1 atom stereocenters. The van der Waals surface area contributed by atoms with Gasteiger partial charge >= 0.3 is 5.97 Å². The van der Waals surface area contributed by atoms with Crippen molar-refractivity contribution in [3.63, 3.8) is 0 Å². The highest BCUT2D eigenvalue weighted by Crippen LogP contribution is 2.39. The Morgan fingerprint density at radius 1 is 0.538 bits per heavy atom. The van der Waals surface area contributed by atoms with Gasteiger partial charge in [-0.1, -0.05) is 12.1 Å². The quantitative estimate of drug-likeness (QED) is 0.191. The number of ether oxygens (including phenoxy) is 1. The number of H-pyrrole nitrogens is 1. The molecule has 0 saturated carbocycles. The van der Waals surface area contributed by atoms with Crippen LogP contribution in [0.5, 0.6) is 0 Å². The van der Waals surface area contributed by atoms with Crippen LogP contribution >= 0.6 is 0 Å². The number of benzene rings is 1. The van der Waals surface area contributed by atoms with Gasteiger partial charge in [-0.25, -0.2) is 9.79 Å². The van der Waals surface area contributed by atoms with E-state index in [4.69, 9.17) is 19.7 Å². The number of fused-ring (bicyclic) bond motifs is 5. The van der Waals surface area contributed by atoms with E-state index in [1.807, 2.05) is 60.7 Å². The fraction of sp³-hybridized carbons (Fsp3) is 0.0465. The van der Waals surface area contributed by atoms with Gasteiger partial charge < -0.3 is 9.72 Å². The Balaban J connectivity index is 1.33. The maximum atomic E-state index is 12.3. The SMILES string of the molecule is COC(=O)c1ccc(/C2=C3\C=CC(=N3)/C(c3ccncc3)=C3/C=CC(=N3)C(c3ccncc3)C3=N/C(=C(/c4ccncc4)c4ccc2[nH]4)C=C3)cc1. The number of carbonyl (C=O) groups is 1. The first-order valence-corrected chi connectivity index (χ1v) is 16.8. The molecule has 52 heavy (non-hydrogen) atoms. The summed E-state index contributed by atoms with van der Waals surface area (Å²) in [5.41, 5.74) is 13.6. The molecule has 4 aromatic heterocycles. The molecule has 0 radical (unpaired) electrons. The second-order valence-corrected chi connectivity index (χ2v) is 12.4. The first kappa shape index (κ1) is 30.9. The number of rotatable bonds is 5. The van der Waals surface area contributed by atoms with Gasteiger partial charge in [0.2, 0.25) is 0 Å². The molecule has 0 amide bonds. The molecule has 9 nitrogen and oxygen atoms in total. The Kier molecular flexibility index (Phi) is 7.70. The van der Waals surface area contributed by atoms with Crippen LogP contribution in [-0.2, 0) is 4.74 Å². The Morgan fingerprint density at radius 2 is 1.02 bits per heavy atom. The molecular weight excluding hydrogens is 647 g/mol. The number of hydrogen-bond donors (Lipinski definition) is 1. The standard InChI is InChI=1S/C43H29N7O2/c1-52-43(51)30-4-2-26(3-5-30)39-31-6-8-33(47-31)40(27-14-20-44-21-15-27)35-10-12-37(49-35)42(29-18-24-46-25-19-29)38-13-11-36(50-38)41(28-16-22-45-23-17-28)34-9-7-32(39)48-34/h2-25,42,47H,1H3/b39-32-,40-35-,41-36-. The highest BCUT2D eigenvalue weighted by molar-refractivity contribution is 6.33. The lowest BCUT2D eigenvalue weighted by Gasteiger charge is -2.16. The van der Waals surface area contributed by atoms with Gasteiger partial charge in [0.15, 0.2) is 0 Å². The number of hydrogen-bond acceptors (Lipinski definition) is 8. The van der Waals surface area contributed by atoms with Crippen molar-refractivity contribution in [3.8, 4) is 0 Å². The summed E-state index contributed by atoms with van der Waals surface area (Å²) in [5, 5.41) is 0. The minimum absolute atomic E-state index is 0.244. The van der Waals surface area contributed by atoms with Crippen molar-refractivity contribution < 1.29 is 9.53 Å². The average molecular weight is 676 g/mol. The lowest BCUT2D eigenvalue weighted by atomic mass is 9.90. The second-order valence-electron chi connectivity index (χ2n) is 12.4. The van der Waals surface area contributed by atoms with Crippen molar-refractivity contribution in [2.24, 2.45) is 15.0 Å². The van der Waals surface area contributed by atoms with E-state index in [1.165, 1.54) is 7.11 Å². The number of methoxy groups -OCH3 is 1. The molecule has 4 aliphatic heterocycles. The fourth-order valence-electron chi connectivity index (χ4n) is 6.97. The van der Waals surface area contributed by atoms with Crippen molar-refractivity contribution >= 4 is 39.8 Å². The molecule has 0 saturated heterocycles. The molecule has 5 aromatic rings. The van der Waals surface area contributed by atoms with Crippen molar-refractivity contribution in [1.29, 1.82) is 0 Å². The van der Waals surface area contributed by atoms with Crippen molar-refractivity contribution in [2.45, 2.75) is 5.92 Å².